The molecule has 0 bridgehead atoms. The first-order chi connectivity index (χ1) is 19.5. The molecule has 204 valence electrons. The van der Waals surface area contributed by atoms with Crippen LogP contribution in [-0.4, -0.2) is 49.8 Å². The molecule has 2 aromatic heterocycles. The lowest BCUT2D eigenvalue weighted by Gasteiger charge is -2.13. The van der Waals surface area contributed by atoms with E-state index in [0.717, 1.165) is 0 Å². The number of fused-ring (bicyclic) bond motifs is 1. The van der Waals surface area contributed by atoms with E-state index in [4.69, 9.17) is 25.5 Å². The number of thioether (sulfide) groups is 1. The number of rotatable bonds is 11. The monoisotopic (exact) mass is 578 g/mol. The zero-order valence-electron chi connectivity index (χ0n) is 20.9. The molecule has 0 aliphatic heterocycles. The topological polar surface area (TPSA) is 132 Å². The lowest BCUT2D eigenvalue weighted by Crippen LogP contribution is -2.21. The van der Waals surface area contributed by atoms with E-state index in [0.29, 0.717) is 39.0 Å². The molecule has 12 heteroatoms. The highest BCUT2D eigenvalue weighted by molar-refractivity contribution is 7.99. The van der Waals surface area contributed by atoms with Gasteiger partial charge in [-0.15, -0.1) is 10.2 Å². The molecule has 0 aliphatic rings. The minimum atomic E-state index is -0.898. The van der Waals surface area contributed by atoms with Gasteiger partial charge in [-0.25, -0.2) is 4.79 Å². The molecule has 5 rings (SSSR count). The van der Waals surface area contributed by atoms with Crippen LogP contribution in [0.25, 0.3) is 11.0 Å². The Hall–Kier alpha value is -4.32. The van der Waals surface area contributed by atoms with Gasteiger partial charge in [-0.2, -0.15) is 9.78 Å². The van der Waals surface area contributed by atoms with E-state index in [9.17, 15) is 15.0 Å². The van der Waals surface area contributed by atoms with Gasteiger partial charge in [0.1, 0.15) is 36.0 Å². The van der Waals surface area contributed by atoms with Crippen LogP contribution in [0.2, 0.25) is 5.02 Å². The van der Waals surface area contributed by atoms with E-state index < -0.39 is 11.7 Å². The third-order valence-electron chi connectivity index (χ3n) is 5.53. The highest BCUT2D eigenvalue weighted by atomic mass is 35.5. The molecule has 0 amide bonds. The second kappa shape index (κ2) is 12.7. The van der Waals surface area contributed by atoms with Crippen molar-refractivity contribution in [2.24, 2.45) is 5.10 Å². The van der Waals surface area contributed by atoms with Gasteiger partial charge in [-0.05, 0) is 48.0 Å². The van der Waals surface area contributed by atoms with Crippen molar-refractivity contribution >= 4 is 40.5 Å². The molecule has 0 saturated heterocycles. The summed E-state index contributed by atoms with van der Waals surface area (Å²) in [4.78, 5) is 11.9. The normalized spacial score (nSPS) is 12.2. The number of benzene rings is 3. The van der Waals surface area contributed by atoms with Gasteiger partial charge >= 0.3 is 5.63 Å². The zero-order valence-corrected chi connectivity index (χ0v) is 22.5. The minimum absolute atomic E-state index is 0.0307. The molecule has 0 saturated carbocycles. The lowest BCUT2D eigenvalue weighted by atomic mass is 10.2. The molecule has 2 N–H and O–H groups in total. The standard InChI is InChI=1S/C28H23ClN4O6S/c29-22-12-18(10-11-23(22)35)14-30-33-26(16-37-20-6-2-1-3-7-20)31-32-28(33)40-17-19(34)15-38-25-13-27(36)39-24-9-5-4-8-21(24)25/h1-14,19,34-35H,15-17H2/b30-14+. The van der Waals surface area contributed by atoms with Crippen molar-refractivity contribution in [2.75, 3.05) is 12.4 Å². The van der Waals surface area contributed by atoms with Gasteiger partial charge < -0.3 is 24.1 Å². The van der Waals surface area contributed by atoms with Crippen LogP contribution in [0.1, 0.15) is 11.4 Å². The number of aromatic nitrogens is 3. The summed E-state index contributed by atoms with van der Waals surface area (Å²) < 4.78 is 18.3. The SMILES string of the molecule is O=c1cc(OCC(O)CSc2nnc(COc3ccccc3)n2/N=C/c2ccc(O)c(Cl)c2)c2ccccc2o1. The van der Waals surface area contributed by atoms with Crippen molar-refractivity contribution in [3.63, 3.8) is 0 Å². The number of phenolic OH excluding ortho intramolecular Hbond substituents is 1. The van der Waals surface area contributed by atoms with E-state index >= 15 is 0 Å². The minimum Gasteiger partial charge on any atom is -0.506 e. The Morgan fingerprint density at radius 1 is 1.05 bits per heavy atom. The number of phenols is 1. The highest BCUT2D eigenvalue weighted by Gasteiger charge is 2.16. The zero-order chi connectivity index (χ0) is 27.9. The maximum absolute atomic E-state index is 11.9. The largest absolute Gasteiger partial charge is 0.506 e. The first-order valence-electron chi connectivity index (χ1n) is 12.1. The molecule has 2 heterocycles. The number of aromatic hydroxyl groups is 1. The number of aliphatic hydroxyl groups is 1. The molecule has 0 fully saturated rings. The third kappa shape index (κ3) is 6.81. The van der Waals surface area contributed by atoms with Gasteiger partial charge in [-0.1, -0.05) is 53.7 Å². The van der Waals surface area contributed by atoms with Crippen LogP contribution >= 0.6 is 23.4 Å². The van der Waals surface area contributed by atoms with E-state index in [1.807, 2.05) is 30.3 Å². The Labute approximate surface area is 237 Å². The lowest BCUT2D eigenvalue weighted by molar-refractivity contribution is 0.127. The molecule has 3 aromatic carbocycles. The van der Waals surface area contributed by atoms with Crippen molar-refractivity contribution in [3.8, 4) is 17.2 Å². The summed E-state index contributed by atoms with van der Waals surface area (Å²) in [7, 11) is 0. The molecule has 0 radical (unpaired) electrons. The van der Waals surface area contributed by atoms with Crippen molar-refractivity contribution in [1.82, 2.24) is 14.9 Å². The molecule has 5 aromatic rings. The van der Waals surface area contributed by atoms with E-state index in [1.54, 1.807) is 42.6 Å². The van der Waals surface area contributed by atoms with Gasteiger partial charge in [0.15, 0.2) is 5.82 Å². The summed E-state index contributed by atoms with van der Waals surface area (Å²) in [6.45, 7) is 0.0361. The first-order valence-corrected chi connectivity index (χ1v) is 13.4. The van der Waals surface area contributed by atoms with Crippen molar-refractivity contribution in [3.05, 3.63) is 106 Å². The fourth-order valence-electron chi connectivity index (χ4n) is 3.59. The molecule has 1 unspecified atom stereocenters. The fourth-order valence-corrected chi connectivity index (χ4v) is 4.59. The Morgan fingerprint density at radius 3 is 2.67 bits per heavy atom. The average molecular weight is 579 g/mol. The molecule has 1 atom stereocenters. The molecular weight excluding hydrogens is 556 g/mol. The summed E-state index contributed by atoms with van der Waals surface area (Å²) in [5, 5.41) is 34.5. The van der Waals surface area contributed by atoms with Crippen LogP contribution in [0.15, 0.2) is 98.3 Å². The average Bonchev–Trinajstić information content (AvgIpc) is 3.36. The Bertz CT molecular complexity index is 1690. The number of nitrogens with zero attached hydrogens (tertiary/aromatic N) is 4. The summed E-state index contributed by atoms with van der Waals surface area (Å²) >= 11 is 7.25. The second-order valence-corrected chi connectivity index (χ2v) is 9.86. The van der Waals surface area contributed by atoms with Gasteiger partial charge in [0.2, 0.25) is 5.16 Å². The van der Waals surface area contributed by atoms with Crippen molar-refractivity contribution in [2.45, 2.75) is 17.9 Å². The number of aliphatic hydroxyl groups excluding tert-OH is 1. The smallest absolute Gasteiger partial charge is 0.339 e. The number of halogens is 1. The van der Waals surface area contributed by atoms with Crippen LogP contribution in [0.4, 0.5) is 0 Å². The van der Waals surface area contributed by atoms with Gasteiger partial charge in [0.25, 0.3) is 0 Å². The summed E-state index contributed by atoms with van der Waals surface area (Å²) in [6.07, 6.45) is 0.654. The predicted molar refractivity (Wildman–Crippen MR) is 152 cm³/mol. The van der Waals surface area contributed by atoms with Crippen molar-refractivity contribution < 1.29 is 24.1 Å². The molecule has 0 spiro atoms. The molecular formula is C28H23ClN4O6S. The predicted octanol–water partition coefficient (Wildman–Crippen LogP) is 4.74. The van der Waals surface area contributed by atoms with Crippen LogP contribution in [-0.2, 0) is 6.61 Å². The number of hydrogen-bond acceptors (Lipinski definition) is 10. The van der Waals surface area contributed by atoms with Gasteiger partial charge in [-0.3, -0.25) is 0 Å². The first kappa shape index (κ1) is 27.3. The Kier molecular flexibility index (Phi) is 8.65. The number of para-hydroxylation sites is 2. The Morgan fingerprint density at radius 2 is 1.85 bits per heavy atom. The van der Waals surface area contributed by atoms with E-state index in [1.165, 1.54) is 28.6 Å². The van der Waals surface area contributed by atoms with Gasteiger partial charge in [0, 0.05) is 5.75 Å². The summed E-state index contributed by atoms with van der Waals surface area (Å²) in [5.74, 6) is 1.60. The van der Waals surface area contributed by atoms with Crippen LogP contribution in [0.3, 0.4) is 0 Å². The maximum atomic E-state index is 11.9. The number of hydrogen-bond donors (Lipinski definition) is 2. The second-order valence-electron chi connectivity index (χ2n) is 8.47. The van der Waals surface area contributed by atoms with E-state index in [2.05, 4.69) is 15.3 Å². The van der Waals surface area contributed by atoms with Crippen LogP contribution in [0.5, 0.6) is 17.2 Å². The van der Waals surface area contributed by atoms with Crippen LogP contribution < -0.4 is 15.1 Å². The van der Waals surface area contributed by atoms with Crippen molar-refractivity contribution in [1.29, 1.82) is 0 Å². The molecule has 0 aliphatic carbocycles. The summed E-state index contributed by atoms with van der Waals surface area (Å²) in [6, 6.07) is 22.3. The highest BCUT2D eigenvalue weighted by Crippen LogP contribution is 2.25. The van der Waals surface area contributed by atoms with Crippen LogP contribution in [0, 0.1) is 0 Å². The third-order valence-corrected chi connectivity index (χ3v) is 6.90. The van der Waals surface area contributed by atoms with E-state index in [-0.39, 0.29) is 29.7 Å². The maximum Gasteiger partial charge on any atom is 0.339 e. The molecule has 40 heavy (non-hydrogen) atoms. The summed E-state index contributed by atoms with van der Waals surface area (Å²) in [5.41, 5.74) is 0.513. The fraction of sp³-hybridized carbons (Fsp3) is 0.143. The Balaban J connectivity index is 1.29. The quantitative estimate of drug-likeness (QED) is 0.130. The number of ether oxygens (including phenoxy) is 2. The molecule has 10 nitrogen and oxygen atoms in total. The van der Waals surface area contributed by atoms with Gasteiger partial charge in [0.05, 0.1) is 28.8 Å².